The molecule has 3 heteroatoms. The Labute approximate surface area is 110 Å². The quantitative estimate of drug-likeness (QED) is 0.810. The maximum Gasteiger partial charge on any atom is 0.220 e. The highest BCUT2D eigenvalue weighted by Gasteiger charge is 2.04. The van der Waals surface area contributed by atoms with Crippen LogP contribution in [0.1, 0.15) is 36.5 Å². The highest BCUT2D eigenvalue weighted by molar-refractivity contribution is 5.76. The van der Waals surface area contributed by atoms with Gasteiger partial charge >= 0.3 is 0 Å². The summed E-state index contributed by atoms with van der Waals surface area (Å²) in [4.78, 5) is 11.6. The zero-order valence-corrected chi connectivity index (χ0v) is 11.6. The van der Waals surface area contributed by atoms with Gasteiger partial charge in [0.2, 0.25) is 5.91 Å². The molecule has 0 radical (unpaired) electrons. The van der Waals surface area contributed by atoms with Gasteiger partial charge in [0.1, 0.15) is 0 Å². The first-order chi connectivity index (χ1) is 8.49. The molecule has 1 rings (SSSR count). The molecule has 0 fully saturated rings. The van der Waals surface area contributed by atoms with E-state index in [1.807, 2.05) is 6.92 Å². The van der Waals surface area contributed by atoms with E-state index in [9.17, 15) is 4.79 Å². The van der Waals surface area contributed by atoms with Crippen LogP contribution >= 0.6 is 0 Å². The smallest absolute Gasteiger partial charge is 0.220 e. The monoisotopic (exact) mass is 248 g/mol. The van der Waals surface area contributed by atoms with E-state index in [0.29, 0.717) is 13.0 Å². The Kier molecular flexibility index (Phi) is 5.86. The molecule has 1 aromatic carbocycles. The summed E-state index contributed by atoms with van der Waals surface area (Å²) in [6.45, 7) is 6.79. The molecule has 1 atom stereocenters. The lowest BCUT2D eigenvalue weighted by atomic mass is 10.0. The molecule has 0 aliphatic carbocycles. The average Bonchev–Trinajstić information content (AvgIpc) is 2.27. The summed E-state index contributed by atoms with van der Waals surface area (Å²) in [6, 6.07) is 6.50. The average molecular weight is 248 g/mol. The van der Waals surface area contributed by atoms with E-state index in [1.54, 1.807) is 0 Å². The third-order valence-electron chi connectivity index (χ3n) is 3.04. The summed E-state index contributed by atoms with van der Waals surface area (Å²) in [5, 5.41) is 2.90. The summed E-state index contributed by atoms with van der Waals surface area (Å²) >= 11 is 0. The largest absolute Gasteiger partial charge is 0.356 e. The molecule has 1 aromatic rings. The van der Waals surface area contributed by atoms with Gasteiger partial charge in [-0.1, -0.05) is 23.8 Å². The minimum absolute atomic E-state index is 0.107. The van der Waals surface area contributed by atoms with Crippen molar-refractivity contribution < 1.29 is 4.79 Å². The van der Waals surface area contributed by atoms with Crippen molar-refractivity contribution in [3.05, 3.63) is 34.9 Å². The van der Waals surface area contributed by atoms with E-state index in [-0.39, 0.29) is 11.9 Å². The van der Waals surface area contributed by atoms with E-state index in [2.05, 4.69) is 37.4 Å². The number of carbonyl (C=O) groups is 1. The molecular formula is C15H24N2O. The Morgan fingerprint density at radius 2 is 2.11 bits per heavy atom. The number of hydrogen-bond donors (Lipinski definition) is 2. The van der Waals surface area contributed by atoms with Crippen LogP contribution in [0.25, 0.3) is 0 Å². The van der Waals surface area contributed by atoms with Crippen LogP contribution in [0.15, 0.2) is 18.2 Å². The van der Waals surface area contributed by atoms with Crippen molar-refractivity contribution in [2.24, 2.45) is 5.73 Å². The number of amides is 1. The number of aryl methyl sites for hydroxylation is 3. The summed E-state index contributed by atoms with van der Waals surface area (Å²) in [7, 11) is 0. The van der Waals surface area contributed by atoms with Crippen LogP contribution in [0.2, 0.25) is 0 Å². The summed E-state index contributed by atoms with van der Waals surface area (Å²) in [5.74, 6) is 0.107. The number of nitrogens with two attached hydrogens (primary N) is 1. The van der Waals surface area contributed by atoms with E-state index in [1.165, 1.54) is 16.7 Å². The maximum atomic E-state index is 11.6. The molecule has 0 saturated heterocycles. The van der Waals surface area contributed by atoms with Crippen molar-refractivity contribution in [3.8, 4) is 0 Å². The molecule has 0 aliphatic rings. The molecule has 100 valence electrons. The highest BCUT2D eigenvalue weighted by atomic mass is 16.1. The second-order valence-electron chi connectivity index (χ2n) is 5.05. The van der Waals surface area contributed by atoms with Crippen LogP contribution in [-0.2, 0) is 11.2 Å². The lowest BCUT2D eigenvalue weighted by Crippen LogP contribution is -2.29. The highest BCUT2D eigenvalue weighted by Crippen LogP contribution is 2.12. The molecule has 3 N–H and O–H groups in total. The van der Waals surface area contributed by atoms with Crippen molar-refractivity contribution in [2.45, 2.75) is 46.1 Å². The Balaban J connectivity index is 2.33. The standard InChI is InChI=1S/C15H24N2O/c1-11-4-5-14(12(2)10-11)6-7-15(18)17-9-8-13(3)16/h4-5,10,13H,6-9,16H2,1-3H3,(H,17,18). The molecule has 0 saturated carbocycles. The predicted octanol–water partition coefficient (Wildman–Crippen LogP) is 2.09. The maximum absolute atomic E-state index is 11.6. The van der Waals surface area contributed by atoms with Crippen molar-refractivity contribution in [1.29, 1.82) is 0 Å². The minimum Gasteiger partial charge on any atom is -0.356 e. The lowest BCUT2D eigenvalue weighted by Gasteiger charge is -2.09. The topological polar surface area (TPSA) is 55.1 Å². The third kappa shape index (κ3) is 5.32. The normalized spacial score (nSPS) is 12.2. The number of hydrogen-bond acceptors (Lipinski definition) is 2. The SMILES string of the molecule is Cc1ccc(CCC(=O)NCCC(C)N)c(C)c1. The second kappa shape index (κ2) is 7.17. The van der Waals surface area contributed by atoms with Gasteiger partial charge in [-0.3, -0.25) is 4.79 Å². The molecule has 0 spiro atoms. The van der Waals surface area contributed by atoms with E-state index >= 15 is 0 Å². The Hall–Kier alpha value is -1.35. The molecule has 0 aromatic heterocycles. The van der Waals surface area contributed by atoms with Crippen molar-refractivity contribution in [3.63, 3.8) is 0 Å². The van der Waals surface area contributed by atoms with Gasteiger partial charge in [0.05, 0.1) is 0 Å². The zero-order chi connectivity index (χ0) is 13.5. The molecule has 0 aliphatic heterocycles. The fourth-order valence-electron chi connectivity index (χ4n) is 1.90. The van der Waals surface area contributed by atoms with Crippen molar-refractivity contribution in [2.75, 3.05) is 6.54 Å². The number of rotatable bonds is 6. The summed E-state index contributed by atoms with van der Waals surface area (Å²) in [6.07, 6.45) is 2.17. The lowest BCUT2D eigenvalue weighted by molar-refractivity contribution is -0.121. The van der Waals surface area contributed by atoms with Crippen molar-refractivity contribution >= 4 is 5.91 Å². The minimum atomic E-state index is 0.107. The van der Waals surface area contributed by atoms with Crippen LogP contribution in [-0.4, -0.2) is 18.5 Å². The first kappa shape index (κ1) is 14.7. The van der Waals surface area contributed by atoms with Gasteiger partial charge in [-0.05, 0) is 44.7 Å². The molecular weight excluding hydrogens is 224 g/mol. The molecule has 0 bridgehead atoms. The third-order valence-corrected chi connectivity index (χ3v) is 3.04. The van der Waals surface area contributed by atoms with E-state index in [0.717, 1.165) is 12.8 Å². The molecule has 18 heavy (non-hydrogen) atoms. The Morgan fingerprint density at radius 3 is 2.72 bits per heavy atom. The second-order valence-corrected chi connectivity index (χ2v) is 5.05. The van der Waals surface area contributed by atoms with Crippen LogP contribution in [0, 0.1) is 13.8 Å². The predicted molar refractivity (Wildman–Crippen MR) is 75.5 cm³/mol. The van der Waals surface area contributed by atoms with Gasteiger partial charge in [-0.15, -0.1) is 0 Å². The van der Waals surface area contributed by atoms with Crippen LogP contribution in [0.3, 0.4) is 0 Å². The summed E-state index contributed by atoms with van der Waals surface area (Å²) in [5.41, 5.74) is 9.40. The Bertz CT molecular complexity index is 399. The Morgan fingerprint density at radius 1 is 1.39 bits per heavy atom. The van der Waals surface area contributed by atoms with Gasteiger partial charge in [0.15, 0.2) is 0 Å². The van der Waals surface area contributed by atoms with Crippen LogP contribution in [0.4, 0.5) is 0 Å². The zero-order valence-electron chi connectivity index (χ0n) is 11.6. The first-order valence-corrected chi connectivity index (χ1v) is 6.57. The number of benzene rings is 1. The number of carbonyl (C=O) groups excluding carboxylic acids is 1. The number of nitrogens with one attached hydrogen (secondary N) is 1. The summed E-state index contributed by atoms with van der Waals surface area (Å²) < 4.78 is 0. The van der Waals surface area contributed by atoms with Gasteiger partial charge in [-0.2, -0.15) is 0 Å². The fourth-order valence-corrected chi connectivity index (χ4v) is 1.90. The van der Waals surface area contributed by atoms with Crippen LogP contribution in [0.5, 0.6) is 0 Å². The van der Waals surface area contributed by atoms with Crippen LogP contribution < -0.4 is 11.1 Å². The fraction of sp³-hybridized carbons (Fsp3) is 0.533. The van der Waals surface area contributed by atoms with E-state index < -0.39 is 0 Å². The molecule has 1 unspecified atom stereocenters. The van der Waals surface area contributed by atoms with Gasteiger partial charge in [-0.25, -0.2) is 0 Å². The van der Waals surface area contributed by atoms with Gasteiger partial charge < -0.3 is 11.1 Å². The van der Waals surface area contributed by atoms with Crippen molar-refractivity contribution in [1.82, 2.24) is 5.32 Å². The molecule has 1 amide bonds. The van der Waals surface area contributed by atoms with E-state index in [4.69, 9.17) is 5.73 Å². The molecule has 0 heterocycles. The molecule has 3 nitrogen and oxygen atoms in total. The first-order valence-electron chi connectivity index (χ1n) is 6.57. The van der Waals surface area contributed by atoms with Gasteiger partial charge in [0, 0.05) is 19.0 Å². The van der Waals surface area contributed by atoms with Gasteiger partial charge in [0.25, 0.3) is 0 Å².